The van der Waals surface area contributed by atoms with Gasteiger partial charge in [-0.25, -0.2) is 9.78 Å². The number of imidazole rings is 1. The maximum atomic E-state index is 12.0. The molecule has 0 saturated carbocycles. The van der Waals surface area contributed by atoms with Gasteiger partial charge in [-0.1, -0.05) is 13.8 Å². The Morgan fingerprint density at radius 2 is 2.17 bits per heavy atom. The predicted molar refractivity (Wildman–Crippen MR) is 66.1 cm³/mol. The van der Waals surface area contributed by atoms with E-state index in [4.69, 9.17) is 0 Å². The summed E-state index contributed by atoms with van der Waals surface area (Å²) in [7, 11) is 3.12. The molecule has 18 heavy (non-hydrogen) atoms. The van der Waals surface area contributed by atoms with E-state index in [-0.39, 0.29) is 11.7 Å². The van der Waals surface area contributed by atoms with Gasteiger partial charge in [0, 0.05) is 31.8 Å². The van der Waals surface area contributed by atoms with E-state index in [1.165, 1.54) is 7.11 Å². The predicted octanol–water partition coefficient (Wildman–Crippen LogP) is 0.912. The van der Waals surface area contributed by atoms with Crippen LogP contribution in [0.15, 0.2) is 12.4 Å². The lowest BCUT2D eigenvalue weighted by Crippen LogP contribution is -2.44. The quantitative estimate of drug-likeness (QED) is 0.846. The number of Topliss-reactive ketones (excluding diaryl/α,β-unsaturated/α-hetero) is 1. The lowest BCUT2D eigenvalue weighted by molar-refractivity contribution is -0.123. The maximum absolute atomic E-state index is 12.0. The summed E-state index contributed by atoms with van der Waals surface area (Å²) in [5.74, 6) is 0.543. The fraction of sp³-hybridized carbons (Fsp3) is 0.583. The Bertz CT molecular complexity index is 426. The number of carbonyl (C=O) groups is 2. The number of aryl methyl sites for hydroxylation is 1. The van der Waals surface area contributed by atoms with Gasteiger partial charge in [-0.3, -0.25) is 4.79 Å². The molecule has 1 heterocycles. The van der Waals surface area contributed by atoms with E-state index in [1.54, 1.807) is 26.2 Å². The summed E-state index contributed by atoms with van der Waals surface area (Å²) in [6, 6.07) is -0.612. The monoisotopic (exact) mass is 253 g/mol. The summed E-state index contributed by atoms with van der Waals surface area (Å²) < 4.78 is 6.35. The molecule has 0 aliphatic carbocycles. The standard InChI is InChI=1S/C12H19N3O3/c1-8(2)11(16)9(14-12(17)18-4)7-10-13-5-6-15(10)3/h5-6,8-9H,7H2,1-4H3,(H,14,17)/t9-/m0/s1. The molecule has 1 rings (SSSR count). The van der Waals surface area contributed by atoms with Crippen LogP contribution in [0, 0.1) is 5.92 Å². The Balaban J connectivity index is 2.81. The molecule has 6 heteroatoms. The van der Waals surface area contributed by atoms with Crippen molar-refractivity contribution in [3.63, 3.8) is 0 Å². The van der Waals surface area contributed by atoms with E-state index in [2.05, 4.69) is 15.0 Å². The summed E-state index contributed by atoms with van der Waals surface area (Å²) in [6.45, 7) is 3.60. The third kappa shape index (κ3) is 3.58. The van der Waals surface area contributed by atoms with E-state index in [1.807, 2.05) is 11.6 Å². The Labute approximate surface area is 106 Å². The average Bonchev–Trinajstić information content (AvgIpc) is 2.72. The Hall–Kier alpha value is -1.85. The lowest BCUT2D eigenvalue weighted by Gasteiger charge is -2.18. The zero-order chi connectivity index (χ0) is 13.7. The number of methoxy groups -OCH3 is 1. The molecule has 0 saturated heterocycles. The van der Waals surface area contributed by atoms with Crippen molar-refractivity contribution in [3.05, 3.63) is 18.2 Å². The topological polar surface area (TPSA) is 73.2 Å². The SMILES string of the molecule is COC(=O)N[C@@H](Cc1nccn1C)C(=O)C(C)C. The Morgan fingerprint density at radius 1 is 1.50 bits per heavy atom. The normalized spacial score (nSPS) is 12.3. The van der Waals surface area contributed by atoms with E-state index in [0.29, 0.717) is 6.42 Å². The smallest absolute Gasteiger partial charge is 0.407 e. The second-order valence-electron chi connectivity index (χ2n) is 4.40. The number of amides is 1. The third-order valence-corrected chi connectivity index (χ3v) is 2.70. The van der Waals surface area contributed by atoms with Gasteiger partial charge in [-0.05, 0) is 0 Å². The molecule has 0 unspecified atom stereocenters. The van der Waals surface area contributed by atoms with Crippen molar-refractivity contribution >= 4 is 11.9 Å². The van der Waals surface area contributed by atoms with Crippen molar-refractivity contribution in [2.45, 2.75) is 26.3 Å². The van der Waals surface area contributed by atoms with Crippen LogP contribution in [0.3, 0.4) is 0 Å². The summed E-state index contributed by atoms with van der Waals surface area (Å²) in [4.78, 5) is 27.4. The Morgan fingerprint density at radius 3 is 2.61 bits per heavy atom. The van der Waals surface area contributed by atoms with Crippen LogP contribution in [0.25, 0.3) is 0 Å². The molecule has 6 nitrogen and oxygen atoms in total. The van der Waals surface area contributed by atoms with Crippen LogP contribution in [0.4, 0.5) is 4.79 Å². The molecule has 0 aromatic carbocycles. The zero-order valence-electron chi connectivity index (χ0n) is 11.1. The Kier molecular flexibility index (Phi) is 4.88. The zero-order valence-corrected chi connectivity index (χ0v) is 11.1. The van der Waals surface area contributed by atoms with Crippen molar-refractivity contribution in [1.82, 2.24) is 14.9 Å². The van der Waals surface area contributed by atoms with Crippen LogP contribution < -0.4 is 5.32 Å². The summed E-state index contributed by atoms with van der Waals surface area (Å²) >= 11 is 0. The highest BCUT2D eigenvalue weighted by molar-refractivity contribution is 5.88. The van der Waals surface area contributed by atoms with Gasteiger partial charge in [-0.2, -0.15) is 0 Å². The van der Waals surface area contributed by atoms with Gasteiger partial charge in [-0.15, -0.1) is 0 Å². The van der Waals surface area contributed by atoms with Gasteiger partial charge in [0.15, 0.2) is 5.78 Å². The fourth-order valence-corrected chi connectivity index (χ4v) is 1.60. The summed E-state index contributed by atoms with van der Waals surface area (Å²) in [6.07, 6.45) is 3.20. The molecule has 1 aromatic heterocycles. The minimum absolute atomic E-state index is 0.0385. The molecule has 100 valence electrons. The fourth-order valence-electron chi connectivity index (χ4n) is 1.60. The first kappa shape index (κ1) is 14.2. The molecular formula is C12H19N3O3. The number of hydrogen-bond acceptors (Lipinski definition) is 4. The molecule has 0 bridgehead atoms. The molecule has 1 amide bonds. The minimum Gasteiger partial charge on any atom is -0.453 e. The number of aromatic nitrogens is 2. The van der Waals surface area contributed by atoms with E-state index in [0.717, 1.165) is 5.82 Å². The van der Waals surface area contributed by atoms with Crippen molar-refractivity contribution in [2.24, 2.45) is 13.0 Å². The van der Waals surface area contributed by atoms with E-state index in [9.17, 15) is 9.59 Å². The second-order valence-corrected chi connectivity index (χ2v) is 4.40. The first-order valence-corrected chi connectivity index (χ1v) is 5.80. The van der Waals surface area contributed by atoms with Crippen LogP contribution in [-0.4, -0.2) is 34.6 Å². The van der Waals surface area contributed by atoms with Crippen LogP contribution in [-0.2, 0) is 23.0 Å². The van der Waals surface area contributed by atoms with Gasteiger partial charge in [0.2, 0.25) is 0 Å². The molecular weight excluding hydrogens is 234 g/mol. The number of hydrogen-bond donors (Lipinski definition) is 1. The first-order valence-electron chi connectivity index (χ1n) is 5.80. The molecule has 0 fully saturated rings. The number of nitrogens with one attached hydrogen (secondary N) is 1. The van der Waals surface area contributed by atoms with Gasteiger partial charge >= 0.3 is 6.09 Å². The van der Waals surface area contributed by atoms with Gasteiger partial charge in [0.25, 0.3) is 0 Å². The van der Waals surface area contributed by atoms with Crippen molar-refractivity contribution in [1.29, 1.82) is 0 Å². The van der Waals surface area contributed by atoms with Crippen LogP contribution in [0.2, 0.25) is 0 Å². The highest BCUT2D eigenvalue weighted by Crippen LogP contribution is 2.07. The van der Waals surface area contributed by atoms with Crippen molar-refractivity contribution in [2.75, 3.05) is 7.11 Å². The first-order chi connectivity index (χ1) is 8.45. The highest BCUT2D eigenvalue weighted by Gasteiger charge is 2.25. The molecule has 0 radical (unpaired) electrons. The summed E-state index contributed by atoms with van der Waals surface area (Å²) in [5.41, 5.74) is 0. The second kappa shape index (κ2) is 6.18. The van der Waals surface area contributed by atoms with Crippen molar-refractivity contribution < 1.29 is 14.3 Å². The van der Waals surface area contributed by atoms with Crippen LogP contribution in [0.1, 0.15) is 19.7 Å². The summed E-state index contributed by atoms with van der Waals surface area (Å²) in [5, 5.41) is 2.55. The number of ketones is 1. The van der Waals surface area contributed by atoms with Gasteiger partial charge in [0.1, 0.15) is 5.82 Å². The number of carbonyl (C=O) groups excluding carboxylic acids is 2. The van der Waals surface area contributed by atoms with E-state index >= 15 is 0 Å². The third-order valence-electron chi connectivity index (χ3n) is 2.70. The highest BCUT2D eigenvalue weighted by atomic mass is 16.5. The number of rotatable bonds is 5. The number of alkyl carbamates (subject to hydrolysis) is 1. The molecule has 1 aromatic rings. The van der Waals surface area contributed by atoms with Crippen LogP contribution in [0.5, 0.6) is 0 Å². The number of ether oxygens (including phenoxy) is 1. The van der Waals surface area contributed by atoms with E-state index < -0.39 is 12.1 Å². The van der Waals surface area contributed by atoms with Crippen molar-refractivity contribution in [3.8, 4) is 0 Å². The van der Waals surface area contributed by atoms with Gasteiger partial charge in [0.05, 0.1) is 13.2 Å². The average molecular weight is 253 g/mol. The van der Waals surface area contributed by atoms with Gasteiger partial charge < -0.3 is 14.6 Å². The minimum atomic E-state index is -0.612. The molecule has 0 aliphatic heterocycles. The molecule has 1 N–H and O–H groups in total. The maximum Gasteiger partial charge on any atom is 0.407 e. The number of nitrogens with zero attached hydrogens (tertiary/aromatic N) is 2. The van der Waals surface area contributed by atoms with Crippen LogP contribution >= 0.6 is 0 Å². The molecule has 0 aliphatic rings. The largest absolute Gasteiger partial charge is 0.453 e. The lowest BCUT2D eigenvalue weighted by atomic mass is 9.99. The molecule has 0 spiro atoms. The molecule has 1 atom stereocenters.